The van der Waals surface area contributed by atoms with E-state index in [-0.39, 0.29) is 0 Å². The molecule has 0 radical (unpaired) electrons. The number of rotatable bonds is 6. The van der Waals surface area contributed by atoms with Crippen molar-refractivity contribution >= 4 is 0 Å². The molecule has 2 rings (SSSR count). The van der Waals surface area contributed by atoms with Gasteiger partial charge in [0.15, 0.2) is 0 Å². The molecular formula is C16H23N3. The highest BCUT2D eigenvalue weighted by Crippen LogP contribution is 2.20. The van der Waals surface area contributed by atoms with E-state index in [1.165, 1.54) is 24.0 Å². The van der Waals surface area contributed by atoms with Gasteiger partial charge in [-0.15, -0.1) is 0 Å². The van der Waals surface area contributed by atoms with Crippen LogP contribution in [0.3, 0.4) is 0 Å². The molecule has 102 valence electrons. The number of hydrogen-bond acceptors (Lipinski definition) is 2. The van der Waals surface area contributed by atoms with Gasteiger partial charge in [0.05, 0.1) is 12.2 Å². The zero-order chi connectivity index (χ0) is 13.7. The van der Waals surface area contributed by atoms with Gasteiger partial charge in [0, 0.05) is 17.8 Å². The first kappa shape index (κ1) is 13.8. The summed E-state index contributed by atoms with van der Waals surface area (Å²) in [6.45, 7) is 5.70. The Labute approximate surface area is 115 Å². The lowest BCUT2D eigenvalue weighted by molar-refractivity contribution is 0.610. The predicted octanol–water partition coefficient (Wildman–Crippen LogP) is 3.16. The summed E-state index contributed by atoms with van der Waals surface area (Å²) in [5, 5.41) is 4.60. The first-order chi connectivity index (χ1) is 9.24. The van der Waals surface area contributed by atoms with E-state index >= 15 is 0 Å². The largest absolute Gasteiger partial charge is 0.329 e. The van der Waals surface area contributed by atoms with Crippen molar-refractivity contribution in [2.75, 3.05) is 6.54 Å². The van der Waals surface area contributed by atoms with E-state index in [1.807, 2.05) is 4.68 Å². The van der Waals surface area contributed by atoms with Crippen molar-refractivity contribution in [2.45, 2.75) is 39.7 Å². The fraction of sp³-hybridized carbons (Fsp3) is 0.438. The first-order valence-corrected chi connectivity index (χ1v) is 7.08. The van der Waals surface area contributed by atoms with Crippen LogP contribution in [0.5, 0.6) is 0 Å². The molecule has 1 heterocycles. The van der Waals surface area contributed by atoms with Crippen molar-refractivity contribution < 1.29 is 0 Å². The van der Waals surface area contributed by atoms with Gasteiger partial charge in [0.25, 0.3) is 0 Å². The minimum absolute atomic E-state index is 0.623. The van der Waals surface area contributed by atoms with E-state index in [0.717, 1.165) is 24.4 Å². The standard InChI is InChI=1S/C16H23N3/c1-3-4-5-14-6-8-15(9-7-14)16-12-13(2)19(18-16)11-10-17/h6-9,12H,3-5,10-11,17H2,1-2H3. The van der Waals surface area contributed by atoms with Crippen LogP contribution in [0.25, 0.3) is 11.3 Å². The smallest absolute Gasteiger partial charge is 0.0925 e. The molecule has 3 heteroatoms. The van der Waals surface area contributed by atoms with E-state index in [0.29, 0.717) is 6.54 Å². The lowest BCUT2D eigenvalue weighted by Gasteiger charge is -2.02. The van der Waals surface area contributed by atoms with Gasteiger partial charge < -0.3 is 5.73 Å². The molecule has 1 aromatic carbocycles. The van der Waals surface area contributed by atoms with Crippen LogP contribution in [0, 0.1) is 6.92 Å². The van der Waals surface area contributed by atoms with Gasteiger partial charge in [0.1, 0.15) is 0 Å². The van der Waals surface area contributed by atoms with Crippen molar-refractivity contribution in [3.05, 3.63) is 41.6 Å². The van der Waals surface area contributed by atoms with Crippen molar-refractivity contribution in [1.82, 2.24) is 9.78 Å². The van der Waals surface area contributed by atoms with Crippen LogP contribution in [0.1, 0.15) is 31.0 Å². The van der Waals surface area contributed by atoms with E-state index in [2.05, 4.69) is 49.3 Å². The second kappa shape index (κ2) is 6.53. The molecule has 2 N–H and O–H groups in total. The first-order valence-electron chi connectivity index (χ1n) is 7.08. The molecule has 1 aromatic heterocycles. The van der Waals surface area contributed by atoms with Gasteiger partial charge in [-0.1, -0.05) is 37.6 Å². The number of aromatic nitrogens is 2. The molecule has 19 heavy (non-hydrogen) atoms. The third-order valence-electron chi connectivity index (χ3n) is 3.39. The second-order valence-electron chi connectivity index (χ2n) is 4.98. The highest BCUT2D eigenvalue weighted by atomic mass is 15.3. The van der Waals surface area contributed by atoms with Gasteiger partial charge >= 0.3 is 0 Å². The zero-order valence-electron chi connectivity index (χ0n) is 11.9. The molecule has 0 fully saturated rings. The molecule has 0 amide bonds. The summed E-state index contributed by atoms with van der Waals surface area (Å²) in [7, 11) is 0. The van der Waals surface area contributed by atoms with E-state index in [9.17, 15) is 0 Å². The van der Waals surface area contributed by atoms with E-state index in [4.69, 9.17) is 5.73 Å². The predicted molar refractivity (Wildman–Crippen MR) is 80.1 cm³/mol. The zero-order valence-corrected chi connectivity index (χ0v) is 11.9. The molecule has 2 aromatic rings. The van der Waals surface area contributed by atoms with Crippen molar-refractivity contribution in [2.24, 2.45) is 5.73 Å². The molecule has 0 aliphatic rings. The highest BCUT2D eigenvalue weighted by molar-refractivity contribution is 5.59. The SMILES string of the molecule is CCCCc1ccc(-c2cc(C)n(CCN)n2)cc1. The minimum Gasteiger partial charge on any atom is -0.329 e. The lowest BCUT2D eigenvalue weighted by Crippen LogP contribution is -2.12. The number of unbranched alkanes of at least 4 members (excludes halogenated alkanes) is 1. The number of nitrogens with two attached hydrogens (primary N) is 1. The molecule has 0 atom stereocenters. The Morgan fingerprint density at radius 2 is 1.95 bits per heavy atom. The molecule has 0 aliphatic heterocycles. The van der Waals surface area contributed by atoms with Crippen LogP contribution in [0.15, 0.2) is 30.3 Å². The second-order valence-corrected chi connectivity index (χ2v) is 4.98. The van der Waals surface area contributed by atoms with Crippen LogP contribution >= 0.6 is 0 Å². The Kier molecular flexibility index (Phi) is 4.74. The molecule has 0 bridgehead atoms. The Morgan fingerprint density at radius 1 is 1.21 bits per heavy atom. The van der Waals surface area contributed by atoms with Crippen LogP contribution in [-0.4, -0.2) is 16.3 Å². The molecule has 0 saturated carbocycles. The average Bonchev–Trinajstić information content (AvgIpc) is 2.79. The summed E-state index contributed by atoms with van der Waals surface area (Å²) in [4.78, 5) is 0. The van der Waals surface area contributed by atoms with Crippen LogP contribution in [0.4, 0.5) is 0 Å². The number of nitrogens with zero attached hydrogens (tertiary/aromatic N) is 2. The summed E-state index contributed by atoms with van der Waals surface area (Å²) in [5.74, 6) is 0. The molecular weight excluding hydrogens is 234 g/mol. The molecule has 0 aliphatic carbocycles. The number of hydrogen-bond donors (Lipinski definition) is 1. The fourth-order valence-electron chi connectivity index (χ4n) is 2.22. The van der Waals surface area contributed by atoms with E-state index in [1.54, 1.807) is 0 Å². The Hall–Kier alpha value is -1.61. The van der Waals surface area contributed by atoms with Gasteiger partial charge in [0.2, 0.25) is 0 Å². The molecule has 0 unspecified atom stereocenters. The number of aryl methyl sites for hydroxylation is 2. The maximum Gasteiger partial charge on any atom is 0.0925 e. The van der Waals surface area contributed by atoms with E-state index < -0.39 is 0 Å². The maximum atomic E-state index is 5.58. The van der Waals surface area contributed by atoms with Crippen LogP contribution in [-0.2, 0) is 13.0 Å². The van der Waals surface area contributed by atoms with Crippen LogP contribution < -0.4 is 5.73 Å². The fourth-order valence-corrected chi connectivity index (χ4v) is 2.22. The lowest BCUT2D eigenvalue weighted by atomic mass is 10.0. The van der Waals surface area contributed by atoms with Gasteiger partial charge in [-0.3, -0.25) is 4.68 Å². The highest BCUT2D eigenvalue weighted by Gasteiger charge is 2.06. The third kappa shape index (κ3) is 3.44. The Bertz CT molecular complexity index is 511. The summed E-state index contributed by atoms with van der Waals surface area (Å²) in [6.07, 6.45) is 3.66. The van der Waals surface area contributed by atoms with Gasteiger partial charge in [-0.05, 0) is 31.4 Å². The van der Waals surface area contributed by atoms with Gasteiger partial charge in [-0.2, -0.15) is 5.10 Å². The maximum absolute atomic E-state index is 5.58. The van der Waals surface area contributed by atoms with Gasteiger partial charge in [-0.25, -0.2) is 0 Å². The average molecular weight is 257 g/mol. The third-order valence-corrected chi connectivity index (χ3v) is 3.39. The van der Waals surface area contributed by atoms with Crippen molar-refractivity contribution in [3.63, 3.8) is 0 Å². The molecule has 3 nitrogen and oxygen atoms in total. The summed E-state index contributed by atoms with van der Waals surface area (Å²) in [5.41, 5.74) is 10.4. The minimum atomic E-state index is 0.623. The summed E-state index contributed by atoms with van der Waals surface area (Å²) >= 11 is 0. The van der Waals surface area contributed by atoms with Crippen LogP contribution in [0.2, 0.25) is 0 Å². The molecule has 0 spiro atoms. The number of benzene rings is 1. The topological polar surface area (TPSA) is 43.8 Å². The normalized spacial score (nSPS) is 10.9. The summed E-state index contributed by atoms with van der Waals surface area (Å²) in [6, 6.07) is 10.9. The molecule has 0 saturated heterocycles. The Balaban J connectivity index is 2.15. The van der Waals surface area contributed by atoms with Crippen molar-refractivity contribution in [3.8, 4) is 11.3 Å². The Morgan fingerprint density at radius 3 is 2.58 bits per heavy atom. The monoisotopic (exact) mass is 257 g/mol. The quantitative estimate of drug-likeness (QED) is 0.864. The van der Waals surface area contributed by atoms with Crippen molar-refractivity contribution in [1.29, 1.82) is 0 Å². The summed E-state index contributed by atoms with van der Waals surface area (Å²) < 4.78 is 1.97.